The van der Waals surface area contributed by atoms with Gasteiger partial charge in [-0.2, -0.15) is 0 Å². The molecule has 3 aliphatic rings. The Balaban J connectivity index is 1.12. The lowest BCUT2D eigenvalue weighted by Gasteiger charge is -2.47. The van der Waals surface area contributed by atoms with Crippen LogP contribution in [0.5, 0.6) is 0 Å². The largest absolute Gasteiger partial charge is 0.310 e. The smallest absolute Gasteiger partial charge is 0.252 e. The van der Waals surface area contributed by atoms with Crippen molar-refractivity contribution >= 4 is 57.2 Å². The Morgan fingerprint density at radius 2 is 0.591 bits per heavy atom. The van der Waals surface area contributed by atoms with Gasteiger partial charge in [0.05, 0.1) is 23.6 Å². The summed E-state index contributed by atoms with van der Waals surface area (Å²) in [4.78, 5) is 5.03. The number of benzene rings is 14. The maximum atomic E-state index is 10.3. The van der Waals surface area contributed by atoms with Gasteiger partial charge in [0.15, 0.2) is 0 Å². The third-order valence-electron chi connectivity index (χ3n) is 18.4. The maximum absolute atomic E-state index is 10.3. The predicted octanol–water partition coefficient (Wildman–Crippen LogP) is 20.1. The average molecular weight is 1120 g/mol. The van der Waals surface area contributed by atoms with E-state index in [4.69, 9.17) is 1.37 Å². The van der Waals surface area contributed by atoms with Crippen molar-refractivity contribution in [3.8, 4) is 77.9 Å². The lowest BCUT2D eigenvalue weighted by Crippen LogP contribution is -2.61. The summed E-state index contributed by atoms with van der Waals surface area (Å²) in [5.74, 6) is 0. The molecular formula is C85H57BN2. The van der Waals surface area contributed by atoms with Gasteiger partial charge in [-0.3, -0.25) is 0 Å². The number of hydrogen-bond donors (Lipinski definition) is 0. The van der Waals surface area contributed by atoms with Gasteiger partial charge in [-0.1, -0.05) is 321 Å². The summed E-state index contributed by atoms with van der Waals surface area (Å²) < 4.78 is 49.0. The van der Waals surface area contributed by atoms with Crippen molar-refractivity contribution in [3.05, 3.63) is 368 Å². The van der Waals surface area contributed by atoms with Crippen LogP contribution >= 0.6 is 0 Å². The molecule has 2 heterocycles. The lowest BCUT2D eigenvalue weighted by molar-refractivity contribution is 0.768. The molecular weight excluding hydrogens is 1060 g/mol. The molecule has 0 aromatic heterocycles. The number of para-hydroxylation sites is 2. The van der Waals surface area contributed by atoms with Crippen LogP contribution in [0.15, 0.2) is 346 Å². The molecule has 0 bridgehead atoms. The van der Waals surface area contributed by atoms with Crippen LogP contribution in [0.2, 0.25) is 0 Å². The summed E-state index contributed by atoms with van der Waals surface area (Å²) >= 11 is 0. The van der Waals surface area contributed by atoms with E-state index in [-0.39, 0.29) is 17.6 Å². The summed E-state index contributed by atoms with van der Waals surface area (Å²) in [7, 11) is 0. The van der Waals surface area contributed by atoms with Crippen LogP contribution in [0, 0.1) is 0 Å². The predicted molar refractivity (Wildman–Crippen MR) is 370 cm³/mol. The summed E-state index contributed by atoms with van der Waals surface area (Å²) in [6.07, 6.45) is 0. The fraction of sp³-hybridized carbons (Fsp3) is 0.0118. The standard InChI is InChI=1S/C85H57BN2/c1-8-28-58(29-9-1)64-50-52-78-76(54-64)86-77-55-65(59-30-10-2-11-31-59)51-53-79(77)88(84-70(62-36-16-5-17-37-62)46-27-47-71(84)63-38-18-6-19-39-63)81-57-67(85(66-40-20-7-21-41-66)74-48-24-22-42-72(74)73-43-23-25-49-75(73)85)56-80(82(81)86)87(78)83-68(60-32-12-3-13-33-60)44-26-45-69(83)61-34-14-4-15-35-61/h1-57H/i7D,20D,21D,40D,41D. The molecule has 0 unspecified atom stereocenters. The van der Waals surface area contributed by atoms with Crippen molar-refractivity contribution < 1.29 is 6.85 Å². The van der Waals surface area contributed by atoms with Gasteiger partial charge in [0, 0.05) is 45.0 Å². The first kappa shape index (κ1) is 46.1. The molecule has 0 saturated carbocycles. The van der Waals surface area contributed by atoms with Gasteiger partial charge >= 0.3 is 0 Å². The fourth-order valence-electron chi connectivity index (χ4n) is 14.7. The van der Waals surface area contributed by atoms with Gasteiger partial charge in [-0.05, 0) is 119 Å². The maximum Gasteiger partial charge on any atom is 0.252 e. The van der Waals surface area contributed by atoms with Gasteiger partial charge in [-0.15, -0.1) is 0 Å². The highest BCUT2D eigenvalue weighted by Crippen LogP contribution is 2.60. The van der Waals surface area contributed by atoms with Crippen LogP contribution in [-0.4, -0.2) is 6.71 Å². The molecule has 0 fully saturated rings. The first-order valence-corrected chi connectivity index (χ1v) is 30.2. The molecule has 1 aliphatic carbocycles. The van der Waals surface area contributed by atoms with Crippen molar-refractivity contribution in [3.63, 3.8) is 0 Å². The minimum Gasteiger partial charge on any atom is -0.310 e. The molecule has 410 valence electrons. The molecule has 2 aliphatic heterocycles. The molecule has 14 aromatic carbocycles. The first-order chi connectivity index (χ1) is 45.8. The Morgan fingerprint density at radius 1 is 0.261 bits per heavy atom. The van der Waals surface area contributed by atoms with E-state index in [1.54, 1.807) is 0 Å². The van der Waals surface area contributed by atoms with Crippen LogP contribution in [0.25, 0.3) is 77.9 Å². The zero-order valence-corrected chi connectivity index (χ0v) is 48.0. The average Bonchev–Trinajstić information content (AvgIpc) is 1.68. The number of hydrogen-bond acceptors (Lipinski definition) is 2. The highest BCUT2D eigenvalue weighted by atomic mass is 15.2. The van der Waals surface area contributed by atoms with E-state index in [1.807, 2.05) is 24.3 Å². The second-order valence-electron chi connectivity index (χ2n) is 23.0. The highest BCUT2D eigenvalue weighted by Gasteiger charge is 2.50. The Bertz CT molecular complexity index is 4850. The monoisotopic (exact) mass is 1120 g/mol. The normalized spacial score (nSPS) is 13.8. The number of rotatable bonds is 10. The summed E-state index contributed by atoms with van der Waals surface area (Å²) in [5.41, 5.74) is 24.5. The minimum absolute atomic E-state index is 0.185. The number of anilines is 6. The summed E-state index contributed by atoms with van der Waals surface area (Å²) in [6.45, 7) is -0.401. The zero-order chi connectivity index (χ0) is 62.5. The number of nitrogens with zero attached hydrogens (tertiary/aromatic N) is 2. The molecule has 88 heavy (non-hydrogen) atoms. The molecule has 0 amide bonds. The minimum atomic E-state index is -1.50. The Kier molecular flexibility index (Phi) is 11.0. The highest BCUT2D eigenvalue weighted by molar-refractivity contribution is 7.00. The van der Waals surface area contributed by atoms with Crippen molar-refractivity contribution in [2.45, 2.75) is 5.41 Å². The van der Waals surface area contributed by atoms with Crippen molar-refractivity contribution in [1.82, 2.24) is 0 Å². The molecule has 2 nitrogen and oxygen atoms in total. The van der Waals surface area contributed by atoms with Crippen LogP contribution in [-0.2, 0) is 5.41 Å². The fourth-order valence-corrected chi connectivity index (χ4v) is 14.7. The molecule has 0 N–H and O–H groups in total. The third kappa shape index (κ3) is 8.05. The van der Waals surface area contributed by atoms with Gasteiger partial charge in [0.1, 0.15) is 0 Å². The molecule has 0 atom stereocenters. The van der Waals surface area contributed by atoms with Crippen molar-refractivity contribution in [2.75, 3.05) is 9.80 Å². The van der Waals surface area contributed by atoms with E-state index >= 15 is 0 Å². The lowest BCUT2D eigenvalue weighted by atomic mass is 9.33. The van der Waals surface area contributed by atoms with E-state index < -0.39 is 30.3 Å². The van der Waals surface area contributed by atoms with Gasteiger partial charge in [-0.25, -0.2) is 0 Å². The van der Waals surface area contributed by atoms with Gasteiger partial charge in [0.2, 0.25) is 0 Å². The molecule has 0 radical (unpaired) electrons. The molecule has 0 spiro atoms. The quantitative estimate of drug-likeness (QED) is 0.126. The third-order valence-corrected chi connectivity index (χ3v) is 18.4. The van der Waals surface area contributed by atoms with Crippen molar-refractivity contribution in [1.29, 1.82) is 0 Å². The molecule has 3 heteroatoms. The topological polar surface area (TPSA) is 6.48 Å². The summed E-state index contributed by atoms with van der Waals surface area (Å²) in [5, 5.41) is 0. The van der Waals surface area contributed by atoms with Gasteiger partial charge in [0.25, 0.3) is 6.71 Å². The Morgan fingerprint density at radius 3 is 0.966 bits per heavy atom. The van der Waals surface area contributed by atoms with Crippen LogP contribution in [0.4, 0.5) is 34.1 Å². The molecule has 0 saturated heterocycles. The zero-order valence-electron chi connectivity index (χ0n) is 53.0. The Hall–Kier alpha value is -11.3. The second-order valence-corrected chi connectivity index (χ2v) is 23.0. The van der Waals surface area contributed by atoms with Crippen LogP contribution in [0.3, 0.4) is 0 Å². The van der Waals surface area contributed by atoms with Gasteiger partial charge < -0.3 is 9.80 Å². The first-order valence-electron chi connectivity index (χ1n) is 32.7. The van der Waals surface area contributed by atoms with Crippen molar-refractivity contribution in [2.24, 2.45) is 0 Å². The van der Waals surface area contributed by atoms with E-state index in [9.17, 15) is 5.48 Å². The SMILES string of the molecule is [2H]c1c([2H])c([2H])c(C2(c3cc4c5c(c3)N(c3c(-c6ccccc6)cccc3-c3ccccc3)c3ccc(-c6ccccc6)cc3B5c3cc(-c5ccccc5)ccc3N4c3c(-c4ccccc4)cccc3-c3ccccc3)c3ccccc3-c3ccccc32)c([2H])c1[2H]. The van der Waals surface area contributed by atoms with E-state index in [1.165, 1.54) is 0 Å². The second kappa shape index (κ2) is 21.1. The molecule has 14 aromatic rings. The number of fused-ring (bicyclic) bond motifs is 7. The van der Waals surface area contributed by atoms with E-state index in [2.05, 4.69) is 301 Å². The summed E-state index contributed by atoms with van der Waals surface area (Å²) in [6, 6.07) is 111. The van der Waals surface area contributed by atoms with E-state index in [0.29, 0.717) is 0 Å². The van der Waals surface area contributed by atoms with Crippen LogP contribution < -0.4 is 26.2 Å². The van der Waals surface area contributed by atoms with Crippen LogP contribution in [0.1, 0.15) is 29.1 Å². The molecule has 17 rings (SSSR count). The van der Waals surface area contributed by atoms with E-state index in [0.717, 1.165) is 145 Å². The Labute approximate surface area is 522 Å².